The second-order valence-electron chi connectivity index (χ2n) is 5.31. The van der Waals surface area contributed by atoms with E-state index < -0.39 is 0 Å². The monoisotopic (exact) mass is 472 g/mol. The minimum absolute atomic E-state index is 0.0790. The van der Waals surface area contributed by atoms with Gasteiger partial charge in [0.2, 0.25) is 5.78 Å². The Balaban J connectivity index is 2.00. The van der Waals surface area contributed by atoms with Gasteiger partial charge >= 0.3 is 0 Å². The maximum absolute atomic E-state index is 14.3. The molecule has 0 aliphatic carbocycles. The van der Waals surface area contributed by atoms with Crippen LogP contribution in [0.15, 0.2) is 30.6 Å². The van der Waals surface area contributed by atoms with Crippen molar-refractivity contribution in [3.8, 4) is 0 Å². The summed E-state index contributed by atoms with van der Waals surface area (Å²) >= 11 is 3.31. The molecule has 0 aliphatic rings. The van der Waals surface area contributed by atoms with Crippen molar-refractivity contribution in [2.24, 2.45) is 0 Å². The standard InChI is InChI=1S/C17H14FIN2O3S/c18-14-6-12(19)2-1-10(14)5-13-16(15(23)9-24-4-3-22)20-7-11-8-21-25-17(11)13/h1-2,6-8,22H,3-5,9H2. The molecule has 0 spiro atoms. The van der Waals surface area contributed by atoms with Gasteiger partial charge in [-0.15, -0.1) is 0 Å². The molecule has 0 aliphatic heterocycles. The number of Topliss-reactive ketones (excluding diaryl/α,β-unsaturated/α-hetero) is 1. The number of nitrogens with zero attached hydrogens (tertiary/aromatic N) is 2. The molecule has 0 saturated carbocycles. The number of ketones is 1. The fraction of sp³-hybridized carbons (Fsp3) is 0.235. The van der Waals surface area contributed by atoms with E-state index in [1.165, 1.54) is 17.6 Å². The molecule has 3 aromatic rings. The second kappa shape index (κ2) is 8.26. The Labute approximate surface area is 161 Å². The molecule has 1 N–H and O–H groups in total. The molecule has 0 radical (unpaired) electrons. The van der Waals surface area contributed by atoms with Gasteiger partial charge in [0.05, 0.1) is 24.1 Å². The van der Waals surface area contributed by atoms with Gasteiger partial charge in [0, 0.05) is 27.1 Å². The minimum atomic E-state index is -0.316. The average Bonchev–Trinajstić information content (AvgIpc) is 3.06. The van der Waals surface area contributed by atoms with E-state index in [2.05, 4.69) is 31.9 Å². The van der Waals surface area contributed by atoms with Crippen LogP contribution in [0.4, 0.5) is 4.39 Å². The Morgan fingerprint density at radius 1 is 1.36 bits per heavy atom. The summed E-state index contributed by atoms with van der Waals surface area (Å²) in [5.74, 6) is -0.618. The van der Waals surface area contributed by atoms with Crippen molar-refractivity contribution >= 4 is 50.0 Å². The number of aromatic nitrogens is 2. The van der Waals surface area contributed by atoms with Gasteiger partial charge in [-0.05, 0) is 51.8 Å². The van der Waals surface area contributed by atoms with Crippen LogP contribution < -0.4 is 0 Å². The number of carbonyl (C=O) groups is 1. The zero-order valence-electron chi connectivity index (χ0n) is 13.0. The first-order valence-electron chi connectivity index (χ1n) is 7.48. The lowest BCUT2D eigenvalue weighted by molar-refractivity contribution is 0.0659. The number of pyridine rings is 1. The van der Waals surface area contributed by atoms with E-state index in [1.807, 2.05) is 6.07 Å². The Hall–Kier alpha value is -1.49. The van der Waals surface area contributed by atoms with Crippen LogP contribution in [-0.2, 0) is 11.2 Å². The lowest BCUT2D eigenvalue weighted by atomic mass is 10.0. The molecule has 0 saturated heterocycles. The molecule has 0 bridgehead atoms. The van der Waals surface area contributed by atoms with Gasteiger partial charge in [0.1, 0.15) is 18.1 Å². The topological polar surface area (TPSA) is 72.3 Å². The molecule has 0 fully saturated rings. The van der Waals surface area contributed by atoms with Gasteiger partial charge < -0.3 is 9.84 Å². The number of fused-ring (bicyclic) bond motifs is 1. The Kier molecular flexibility index (Phi) is 6.05. The van der Waals surface area contributed by atoms with Crippen LogP contribution in [0.5, 0.6) is 0 Å². The molecule has 0 unspecified atom stereocenters. The molecule has 25 heavy (non-hydrogen) atoms. The van der Waals surface area contributed by atoms with Crippen LogP contribution in [0.3, 0.4) is 0 Å². The molecule has 5 nitrogen and oxygen atoms in total. The lowest BCUT2D eigenvalue weighted by Gasteiger charge is -2.10. The quantitative estimate of drug-likeness (QED) is 0.325. The van der Waals surface area contributed by atoms with Gasteiger partial charge in [0.25, 0.3) is 0 Å². The second-order valence-corrected chi connectivity index (χ2v) is 7.35. The van der Waals surface area contributed by atoms with Crippen molar-refractivity contribution in [2.45, 2.75) is 6.42 Å². The van der Waals surface area contributed by atoms with Crippen molar-refractivity contribution in [3.63, 3.8) is 0 Å². The highest BCUT2D eigenvalue weighted by molar-refractivity contribution is 14.1. The normalized spacial score (nSPS) is 11.2. The summed E-state index contributed by atoms with van der Waals surface area (Å²) in [7, 11) is 0. The number of carbonyl (C=O) groups excluding carboxylic acids is 1. The highest BCUT2D eigenvalue weighted by atomic mass is 127. The number of ether oxygens (including phenoxy) is 1. The van der Waals surface area contributed by atoms with Crippen molar-refractivity contribution in [1.82, 2.24) is 9.36 Å². The van der Waals surface area contributed by atoms with E-state index in [0.717, 1.165) is 13.7 Å². The Morgan fingerprint density at radius 3 is 2.96 bits per heavy atom. The third-order valence-electron chi connectivity index (χ3n) is 3.61. The van der Waals surface area contributed by atoms with Gasteiger partial charge in [-0.25, -0.2) is 4.39 Å². The van der Waals surface area contributed by atoms with Crippen LogP contribution in [0.2, 0.25) is 0 Å². The summed E-state index contributed by atoms with van der Waals surface area (Å²) in [6.45, 7) is -0.259. The number of hydrogen-bond acceptors (Lipinski definition) is 6. The maximum Gasteiger partial charge on any atom is 0.207 e. The zero-order chi connectivity index (χ0) is 17.8. The number of benzene rings is 1. The first kappa shape index (κ1) is 18.3. The van der Waals surface area contributed by atoms with E-state index in [0.29, 0.717) is 11.1 Å². The molecular formula is C17H14FIN2O3S. The van der Waals surface area contributed by atoms with Crippen LogP contribution in [0.1, 0.15) is 21.6 Å². The first-order chi connectivity index (χ1) is 12.1. The Bertz CT molecular complexity index is 916. The van der Waals surface area contributed by atoms with Crippen molar-refractivity contribution in [1.29, 1.82) is 0 Å². The molecule has 1 aromatic carbocycles. The summed E-state index contributed by atoms with van der Waals surface area (Å²) in [6, 6.07) is 5.00. The zero-order valence-corrected chi connectivity index (χ0v) is 16.0. The van der Waals surface area contributed by atoms with Gasteiger partial charge in [-0.2, -0.15) is 4.37 Å². The third kappa shape index (κ3) is 4.20. The van der Waals surface area contributed by atoms with E-state index in [1.54, 1.807) is 18.5 Å². The molecule has 0 atom stereocenters. The van der Waals surface area contributed by atoms with Crippen molar-refractivity contribution in [3.05, 3.63) is 56.8 Å². The smallest absolute Gasteiger partial charge is 0.207 e. The summed E-state index contributed by atoms with van der Waals surface area (Å²) in [5, 5.41) is 9.58. The van der Waals surface area contributed by atoms with E-state index in [4.69, 9.17) is 9.84 Å². The largest absolute Gasteiger partial charge is 0.394 e. The minimum Gasteiger partial charge on any atom is -0.394 e. The summed E-state index contributed by atoms with van der Waals surface area (Å²) in [4.78, 5) is 16.7. The molecule has 130 valence electrons. The fourth-order valence-corrected chi connectivity index (χ4v) is 3.66. The molecule has 8 heteroatoms. The van der Waals surface area contributed by atoms with Gasteiger partial charge in [-0.1, -0.05) is 6.07 Å². The van der Waals surface area contributed by atoms with Crippen molar-refractivity contribution < 1.29 is 19.0 Å². The van der Waals surface area contributed by atoms with Crippen LogP contribution >= 0.6 is 34.1 Å². The first-order valence-corrected chi connectivity index (χ1v) is 9.33. The number of halogens is 2. The van der Waals surface area contributed by atoms with Gasteiger partial charge in [-0.3, -0.25) is 9.78 Å². The maximum atomic E-state index is 14.3. The molecule has 0 amide bonds. The SMILES string of the molecule is O=C(COCCO)c1ncc2cnsc2c1Cc1ccc(I)cc1F. The average molecular weight is 472 g/mol. The van der Waals surface area contributed by atoms with Crippen molar-refractivity contribution in [2.75, 3.05) is 19.8 Å². The van der Waals surface area contributed by atoms with Crippen LogP contribution in [-0.4, -0.2) is 40.1 Å². The fourth-order valence-electron chi connectivity index (χ4n) is 2.45. The lowest BCUT2D eigenvalue weighted by Crippen LogP contribution is -2.15. The highest BCUT2D eigenvalue weighted by Crippen LogP contribution is 2.28. The van der Waals surface area contributed by atoms with Crippen LogP contribution in [0.25, 0.3) is 10.1 Å². The van der Waals surface area contributed by atoms with E-state index in [-0.39, 0.29) is 43.5 Å². The Morgan fingerprint density at radius 2 is 2.20 bits per heavy atom. The van der Waals surface area contributed by atoms with E-state index in [9.17, 15) is 9.18 Å². The third-order valence-corrected chi connectivity index (χ3v) is 5.15. The summed E-state index contributed by atoms with van der Waals surface area (Å²) in [5.41, 5.74) is 1.40. The number of hydrogen-bond donors (Lipinski definition) is 1. The molecular weight excluding hydrogens is 458 g/mol. The highest BCUT2D eigenvalue weighted by Gasteiger charge is 2.19. The molecule has 3 rings (SSSR count). The van der Waals surface area contributed by atoms with Gasteiger partial charge in [0.15, 0.2) is 0 Å². The van der Waals surface area contributed by atoms with Crippen LogP contribution in [0, 0.1) is 9.39 Å². The van der Waals surface area contributed by atoms with E-state index >= 15 is 0 Å². The molecule has 2 aromatic heterocycles. The number of aliphatic hydroxyl groups excluding tert-OH is 1. The summed E-state index contributed by atoms with van der Waals surface area (Å²) < 4.78 is 25.2. The summed E-state index contributed by atoms with van der Waals surface area (Å²) in [6.07, 6.45) is 3.51. The predicted octanol–water partition coefficient (Wildman–Crippen LogP) is 3.22. The number of rotatable bonds is 7. The number of aliphatic hydroxyl groups is 1. The predicted molar refractivity (Wildman–Crippen MR) is 102 cm³/mol. The molecule has 2 heterocycles.